The standard InChI is InChI=1S/C21H24N2O5/c1-14(2)17-7-3-4-8-18(17)22-19(24)13-28-21(26)15-10-20(25)23(11-15)12-16-6-5-9-27-16/h3-9,14-15H,10-13H2,1-2H3,(H,22,24)/t15-/m0/s1. The van der Waals surface area contributed by atoms with Crippen molar-refractivity contribution in [2.24, 2.45) is 5.92 Å². The van der Waals surface area contributed by atoms with E-state index in [-0.39, 0.29) is 31.4 Å². The smallest absolute Gasteiger partial charge is 0.311 e. The summed E-state index contributed by atoms with van der Waals surface area (Å²) in [7, 11) is 0. The number of nitrogens with one attached hydrogen (secondary N) is 1. The summed E-state index contributed by atoms with van der Waals surface area (Å²) in [6, 6.07) is 11.0. The second-order valence-corrected chi connectivity index (χ2v) is 7.15. The monoisotopic (exact) mass is 384 g/mol. The average molecular weight is 384 g/mol. The lowest BCUT2D eigenvalue weighted by Crippen LogP contribution is -2.28. The molecule has 2 aromatic rings. The molecule has 148 valence electrons. The maximum atomic E-state index is 12.3. The van der Waals surface area contributed by atoms with Gasteiger partial charge in [-0.3, -0.25) is 14.4 Å². The number of ether oxygens (including phenoxy) is 1. The van der Waals surface area contributed by atoms with Gasteiger partial charge in [0.05, 0.1) is 18.7 Å². The number of hydrogen-bond donors (Lipinski definition) is 1. The van der Waals surface area contributed by atoms with Gasteiger partial charge in [0.15, 0.2) is 6.61 Å². The molecule has 2 heterocycles. The molecule has 1 saturated heterocycles. The SMILES string of the molecule is CC(C)c1ccccc1NC(=O)COC(=O)[C@H]1CC(=O)N(Cc2ccco2)C1. The molecule has 1 atom stereocenters. The first-order chi connectivity index (χ1) is 13.4. The highest BCUT2D eigenvalue weighted by Crippen LogP contribution is 2.24. The second-order valence-electron chi connectivity index (χ2n) is 7.15. The molecule has 0 aliphatic carbocycles. The van der Waals surface area contributed by atoms with Gasteiger partial charge >= 0.3 is 5.97 Å². The summed E-state index contributed by atoms with van der Waals surface area (Å²) in [4.78, 5) is 38.1. The van der Waals surface area contributed by atoms with Gasteiger partial charge in [0.25, 0.3) is 5.91 Å². The zero-order valence-corrected chi connectivity index (χ0v) is 16.0. The number of rotatable bonds is 7. The Labute approximate surface area is 163 Å². The molecule has 3 rings (SSSR count). The minimum absolute atomic E-state index is 0.0807. The predicted molar refractivity (Wildman–Crippen MR) is 102 cm³/mol. The van der Waals surface area contributed by atoms with Crippen molar-refractivity contribution in [1.29, 1.82) is 0 Å². The number of benzene rings is 1. The van der Waals surface area contributed by atoms with E-state index in [4.69, 9.17) is 9.15 Å². The van der Waals surface area contributed by atoms with Crippen LogP contribution in [0.25, 0.3) is 0 Å². The van der Waals surface area contributed by atoms with Gasteiger partial charge in [0, 0.05) is 18.7 Å². The number of likely N-dealkylation sites (tertiary alicyclic amines) is 1. The molecule has 1 aromatic heterocycles. The van der Waals surface area contributed by atoms with Crippen molar-refractivity contribution in [3.05, 3.63) is 54.0 Å². The fraction of sp³-hybridized carbons (Fsp3) is 0.381. The molecule has 7 nitrogen and oxygen atoms in total. The topological polar surface area (TPSA) is 88.8 Å². The summed E-state index contributed by atoms with van der Waals surface area (Å²) in [5.41, 5.74) is 1.72. The number of nitrogens with zero attached hydrogens (tertiary/aromatic N) is 1. The molecule has 1 N–H and O–H groups in total. The lowest BCUT2D eigenvalue weighted by molar-refractivity contribution is -0.151. The number of carbonyl (C=O) groups is 3. The Balaban J connectivity index is 1.49. The van der Waals surface area contributed by atoms with E-state index in [0.717, 1.165) is 5.56 Å². The fourth-order valence-electron chi connectivity index (χ4n) is 3.23. The van der Waals surface area contributed by atoms with Crippen LogP contribution >= 0.6 is 0 Å². The first-order valence-corrected chi connectivity index (χ1v) is 9.29. The molecule has 1 aliphatic heterocycles. The normalized spacial score (nSPS) is 16.5. The summed E-state index contributed by atoms with van der Waals surface area (Å²) in [5.74, 6) is -0.734. The van der Waals surface area contributed by atoms with Crippen molar-refractivity contribution in [1.82, 2.24) is 4.90 Å². The average Bonchev–Trinajstić information content (AvgIpc) is 3.30. The molecule has 2 amide bonds. The number of amides is 2. The quantitative estimate of drug-likeness (QED) is 0.742. The lowest BCUT2D eigenvalue weighted by atomic mass is 10.0. The maximum Gasteiger partial charge on any atom is 0.311 e. The number of anilines is 1. The predicted octanol–water partition coefficient (Wildman–Crippen LogP) is 2.93. The summed E-state index contributed by atoms with van der Waals surface area (Å²) >= 11 is 0. The van der Waals surface area contributed by atoms with Gasteiger partial charge in [-0.15, -0.1) is 0 Å². The zero-order valence-electron chi connectivity index (χ0n) is 16.0. The Morgan fingerprint density at radius 1 is 1.25 bits per heavy atom. The number of carbonyl (C=O) groups excluding carboxylic acids is 3. The van der Waals surface area contributed by atoms with E-state index in [9.17, 15) is 14.4 Å². The fourth-order valence-corrected chi connectivity index (χ4v) is 3.23. The molecule has 28 heavy (non-hydrogen) atoms. The van der Waals surface area contributed by atoms with Crippen LogP contribution in [0, 0.1) is 5.92 Å². The van der Waals surface area contributed by atoms with Crippen LogP contribution in [0.4, 0.5) is 5.69 Å². The highest BCUT2D eigenvalue weighted by molar-refractivity contribution is 5.94. The van der Waals surface area contributed by atoms with Gasteiger partial charge < -0.3 is 19.4 Å². The Bertz CT molecular complexity index is 844. The van der Waals surface area contributed by atoms with Gasteiger partial charge in [-0.1, -0.05) is 32.0 Å². The van der Waals surface area contributed by atoms with Crippen LogP contribution < -0.4 is 5.32 Å². The first kappa shape index (κ1) is 19.7. The number of furan rings is 1. The van der Waals surface area contributed by atoms with Crippen molar-refractivity contribution in [3.8, 4) is 0 Å². The Morgan fingerprint density at radius 3 is 2.75 bits per heavy atom. The molecule has 0 bridgehead atoms. The molecule has 0 radical (unpaired) electrons. The van der Waals surface area contributed by atoms with Crippen molar-refractivity contribution >= 4 is 23.5 Å². The van der Waals surface area contributed by atoms with E-state index in [2.05, 4.69) is 5.32 Å². The molecule has 1 fully saturated rings. The largest absolute Gasteiger partial charge is 0.467 e. The van der Waals surface area contributed by atoms with E-state index in [1.807, 2.05) is 38.1 Å². The number of para-hydroxylation sites is 1. The van der Waals surface area contributed by atoms with Gasteiger partial charge in [0.1, 0.15) is 5.76 Å². The Hall–Kier alpha value is -3.09. The van der Waals surface area contributed by atoms with E-state index in [1.54, 1.807) is 17.0 Å². The van der Waals surface area contributed by atoms with E-state index >= 15 is 0 Å². The van der Waals surface area contributed by atoms with Crippen molar-refractivity contribution < 1.29 is 23.5 Å². The summed E-state index contributed by atoms with van der Waals surface area (Å²) < 4.78 is 10.4. The van der Waals surface area contributed by atoms with Crippen LogP contribution in [-0.2, 0) is 25.7 Å². The van der Waals surface area contributed by atoms with Gasteiger partial charge in [-0.05, 0) is 29.7 Å². The van der Waals surface area contributed by atoms with Crippen LogP contribution in [0.1, 0.15) is 37.5 Å². The van der Waals surface area contributed by atoms with Crippen LogP contribution in [0.3, 0.4) is 0 Å². The molecule has 7 heteroatoms. The number of esters is 1. The minimum atomic E-state index is -0.571. The molecule has 0 spiro atoms. The third-order valence-electron chi connectivity index (χ3n) is 4.68. The molecule has 0 saturated carbocycles. The van der Waals surface area contributed by atoms with Gasteiger partial charge in [-0.2, -0.15) is 0 Å². The van der Waals surface area contributed by atoms with Crippen molar-refractivity contribution in [2.75, 3.05) is 18.5 Å². The third-order valence-corrected chi connectivity index (χ3v) is 4.68. The van der Waals surface area contributed by atoms with E-state index in [1.165, 1.54) is 6.26 Å². The molecular weight excluding hydrogens is 360 g/mol. The Morgan fingerprint density at radius 2 is 2.04 bits per heavy atom. The minimum Gasteiger partial charge on any atom is -0.467 e. The van der Waals surface area contributed by atoms with Crippen molar-refractivity contribution in [2.45, 2.75) is 32.7 Å². The van der Waals surface area contributed by atoms with Gasteiger partial charge in [-0.25, -0.2) is 0 Å². The highest BCUT2D eigenvalue weighted by Gasteiger charge is 2.35. The number of hydrogen-bond acceptors (Lipinski definition) is 5. The van der Waals surface area contributed by atoms with Crippen LogP contribution in [0.15, 0.2) is 47.1 Å². The van der Waals surface area contributed by atoms with E-state index < -0.39 is 17.8 Å². The van der Waals surface area contributed by atoms with E-state index in [0.29, 0.717) is 18.0 Å². The van der Waals surface area contributed by atoms with Crippen LogP contribution in [0.2, 0.25) is 0 Å². The second kappa shape index (κ2) is 8.73. The molecule has 0 unspecified atom stereocenters. The maximum absolute atomic E-state index is 12.3. The van der Waals surface area contributed by atoms with Gasteiger partial charge in [0.2, 0.25) is 5.91 Å². The summed E-state index contributed by atoms with van der Waals surface area (Å²) in [6.07, 6.45) is 1.62. The molecular formula is C21H24N2O5. The lowest BCUT2D eigenvalue weighted by Gasteiger charge is -2.15. The van der Waals surface area contributed by atoms with Crippen molar-refractivity contribution in [3.63, 3.8) is 0 Å². The molecule has 1 aliphatic rings. The third kappa shape index (κ3) is 4.79. The summed E-state index contributed by atoms with van der Waals surface area (Å²) in [6.45, 7) is 4.28. The zero-order chi connectivity index (χ0) is 20.1. The van der Waals surface area contributed by atoms with Crippen LogP contribution in [0.5, 0.6) is 0 Å². The first-order valence-electron chi connectivity index (χ1n) is 9.29. The summed E-state index contributed by atoms with van der Waals surface area (Å²) in [5, 5.41) is 2.78. The highest BCUT2D eigenvalue weighted by atomic mass is 16.5. The Kier molecular flexibility index (Phi) is 6.13. The van der Waals surface area contributed by atoms with Crippen LogP contribution in [-0.4, -0.2) is 35.8 Å². The molecule has 1 aromatic carbocycles.